The number of nitrogens with one attached hydrogen (secondary N) is 1. The summed E-state index contributed by atoms with van der Waals surface area (Å²) in [6.45, 7) is 1.81. The number of piperidine rings is 1. The maximum atomic E-state index is 13.0. The molecule has 1 fully saturated rings. The number of aromatic nitrogens is 3. The molecule has 1 aromatic heterocycles. The third-order valence-electron chi connectivity index (χ3n) is 4.90. The van der Waals surface area contributed by atoms with Gasteiger partial charge in [-0.05, 0) is 49.1 Å². The van der Waals surface area contributed by atoms with Gasteiger partial charge in [0.1, 0.15) is 5.75 Å². The number of benzene rings is 2. The van der Waals surface area contributed by atoms with Crippen molar-refractivity contribution in [2.75, 3.05) is 23.3 Å². The molecule has 6 nitrogen and oxygen atoms in total. The maximum absolute atomic E-state index is 13.0. The van der Waals surface area contributed by atoms with Gasteiger partial charge >= 0.3 is 12.2 Å². The summed E-state index contributed by atoms with van der Waals surface area (Å²) in [6.07, 6.45) is -1.13. The summed E-state index contributed by atoms with van der Waals surface area (Å²) >= 11 is 0. The van der Waals surface area contributed by atoms with Gasteiger partial charge in [0.05, 0.1) is 5.56 Å². The molecular formula is C22H22F3N5O. The Labute approximate surface area is 178 Å². The van der Waals surface area contributed by atoms with E-state index >= 15 is 0 Å². The Morgan fingerprint density at radius 1 is 0.903 bits per heavy atom. The molecule has 1 N–H and O–H groups in total. The normalized spacial score (nSPS) is 14.4. The highest BCUT2D eigenvalue weighted by Gasteiger charge is 2.30. The lowest BCUT2D eigenvalue weighted by Gasteiger charge is -2.26. The Balaban J connectivity index is 1.56. The van der Waals surface area contributed by atoms with Gasteiger partial charge in [-0.15, -0.1) is 0 Å². The first-order valence-electron chi connectivity index (χ1n) is 10.1. The first kappa shape index (κ1) is 20.9. The third kappa shape index (κ3) is 5.62. The average Bonchev–Trinajstić information content (AvgIpc) is 2.78. The van der Waals surface area contributed by atoms with Gasteiger partial charge in [0.2, 0.25) is 11.9 Å². The Hall–Kier alpha value is -3.36. The first-order chi connectivity index (χ1) is 15.0. The fourth-order valence-electron chi connectivity index (χ4n) is 3.34. The van der Waals surface area contributed by atoms with E-state index in [2.05, 4.69) is 25.2 Å². The molecule has 2 aromatic carbocycles. The Morgan fingerprint density at radius 2 is 1.68 bits per heavy atom. The van der Waals surface area contributed by atoms with Crippen LogP contribution < -0.4 is 15.0 Å². The molecule has 31 heavy (non-hydrogen) atoms. The third-order valence-corrected chi connectivity index (χ3v) is 4.90. The number of halogens is 3. The molecule has 0 radical (unpaired) electrons. The van der Waals surface area contributed by atoms with E-state index in [0.717, 1.165) is 44.5 Å². The predicted molar refractivity (Wildman–Crippen MR) is 111 cm³/mol. The molecule has 2 heterocycles. The molecule has 1 saturated heterocycles. The van der Waals surface area contributed by atoms with Crippen LogP contribution in [0.25, 0.3) is 0 Å². The minimum absolute atomic E-state index is 0.133. The number of alkyl halides is 3. The predicted octanol–water partition coefficient (Wildman–Crippen LogP) is 5.29. The van der Waals surface area contributed by atoms with E-state index in [-0.39, 0.29) is 18.5 Å². The van der Waals surface area contributed by atoms with Crippen molar-refractivity contribution in [3.05, 3.63) is 65.7 Å². The molecule has 3 aromatic rings. The van der Waals surface area contributed by atoms with Crippen molar-refractivity contribution in [1.82, 2.24) is 15.0 Å². The van der Waals surface area contributed by atoms with Crippen molar-refractivity contribution in [3.8, 4) is 11.8 Å². The number of ether oxygens (including phenoxy) is 1. The van der Waals surface area contributed by atoms with E-state index < -0.39 is 11.7 Å². The zero-order chi connectivity index (χ0) is 21.7. The molecule has 0 amide bonds. The molecule has 1 aliphatic rings. The van der Waals surface area contributed by atoms with E-state index in [1.54, 1.807) is 18.2 Å². The summed E-state index contributed by atoms with van der Waals surface area (Å²) < 4.78 is 44.7. The van der Waals surface area contributed by atoms with Crippen molar-refractivity contribution >= 4 is 11.9 Å². The molecule has 0 aliphatic carbocycles. The zero-order valence-electron chi connectivity index (χ0n) is 16.8. The summed E-state index contributed by atoms with van der Waals surface area (Å²) in [6, 6.07) is 14.4. The highest BCUT2D eigenvalue weighted by molar-refractivity contribution is 5.40. The summed E-state index contributed by atoms with van der Waals surface area (Å²) in [4.78, 5) is 15.3. The molecule has 1 aliphatic heterocycles. The SMILES string of the molecule is FC(F)(F)c1cccc(CNc2nc(Oc3ccccc3)nc(N3CCCCC3)n2)c1. The van der Waals surface area contributed by atoms with Crippen LogP contribution in [0.1, 0.15) is 30.4 Å². The van der Waals surface area contributed by atoms with E-state index in [0.29, 0.717) is 17.3 Å². The van der Waals surface area contributed by atoms with Gasteiger partial charge in [0, 0.05) is 19.6 Å². The highest BCUT2D eigenvalue weighted by atomic mass is 19.4. The number of para-hydroxylation sites is 1. The molecule has 0 unspecified atom stereocenters. The average molecular weight is 429 g/mol. The van der Waals surface area contributed by atoms with Crippen LogP contribution in [0.15, 0.2) is 54.6 Å². The lowest BCUT2D eigenvalue weighted by molar-refractivity contribution is -0.137. The highest BCUT2D eigenvalue weighted by Crippen LogP contribution is 2.30. The van der Waals surface area contributed by atoms with Crippen LogP contribution in [0.2, 0.25) is 0 Å². The number of hydrogen-bond acceptors (Lipinski definition) is 6. The van der Waals surface area contributed by atoms with Crippen LogP contribution in [0, 0.1) is 0 Å². The lowest BCUT2D eigenvalue weighted by atomic mass is 10.1. The van der Waals surface area contributed by atoms with Crippen molar-refractivity contribution in [2.24, 2.45) is 0 Å². The lowest BCUT2D eigenvalue weighted by Crippen LogP contribution is -2.31. The number of anilines is 2. The number of nitrogens with zero attached hydrogens (tertiary/aromatic N) is 4. The second-order valence-electron chi connectivity index (χ2n) is 7.26. The van der Waals surface area contributed by atoms with Crippen molar-refractivity contribution in [3.63, 3.8) is 0 Å². The topological polar surface area (TPSA) is 63.2 Å². The minimum atomic E-state index is -4.39. The van der Waals surface area contributed by atoms with Gasteiger partial charge in [0.15, 0.2) is 0 Å². The van der Waals surface area contributed by atoms with Gasteiger partial charge in [-0.1, -0.05) is 30.3 Å². The van der Waals surface area contributed by atoms with Crippen LogP contribution in [0.5, 0.6) is 11.8 Å². The number of rotatable bonds is 6. The van der Waals surface area contributed by atoms with E-state index in [4.69, 9.17) is 4.74 Å². The molecule has 4 rings (SSSR count). The Kier molecular flexibility index (Phi) is 6.20. The van der Waals surface area contributed by atoms with Crippen LogP contribution in [0.4, 0.5) is 25.1 Å². The summed E-state index contributed by atoms with van der Waals surface area (Å²) in [5, 5.41) is 3.01. The van der Waals surface area contributed by atoms with Gasteiger partial charge < -0.3 is 15.0 Å². The largest absolute Gasteiger partial charge is 0.424 e. The second-order valence-corrected chi connectivity index (χ2v) is 7.26. The summed E-state index contributed by atoms with van der Waals surface area (Å²) in [7, 11) is 0. The van der Waals surface area contributed by atoms with Crippen molar-refractivity contribution in [2.45, 2.75) is 32.0 Å². The molecule has 0 saturated carbocycles. The molecule has 0 bridgehead atoms. The van der Waals surface area contributed by atoms with Crippen molar-refractivity contribution in [1.29, 1.82) is 0 Å². The van der Waals surface area contributed by atoms with Crippen LogP contribution in [0.3, 0.4) is 0 Å². The summed E-state index contributed by atoms with van der Waals surface area (Å²) in [5.41, 5.74) is -0.218. The second kappa shape index (κ2) is 9.20. The monoisotopic (exact) mass is 429 g/mol. The van der Waals surface area contributed by atoms with E-state index in [9.17, 15) is 13.2 Å². The Morgan fingerprint density at radius 3 is 2.42 bits per heavy atom. The van der Waals surface area contributed by atoms with Gasteiger partial charge in [-0.25, -0.2) is 0 Å². The number of hydrogen-bond donors (Lipinski definition) is 1. The summed E-state index contributed by atoms with van der Waals surface area (Å²) in [5.74, 6) is 1.33. The van der Waals surface area contributed by atoms with E-state index in [1.165, 1.54) is 6.07 Å². The van der Waals surface area contributed by atoms with Crippen LogP contribution in [-0.4, -0.2) is 28.0 Å². The van der Waals surface area contributed by atoms with Gasteiger partial charge in [-0.2, -0.15) is 28.1 Å². The minimum Gasteiger partial charge on any atom is -0.424 e. The van der Waals surface area contributed by atoms with E-state index in [1.807, 2.05) is 18.2 Å². The maximum Gasteiger partial charge on any atom is 0.416 e. The standard InChI is InChI=1S/C22H22F3N5O/c23-22(24,25)17-9-7-8-16(14-17)15-26-19-27-20(30-12-5-2-6-13-30)29-21(28-19)31-18-10-3-1-4-11-18/h1,3-4,7-11,14H,2,5-6,12-13,15H2,(H,26,27,28,29). The van der Waals surface area contributed by atoms with Gasteiger partial charge in [-0.3, -0.25) is 0 Å². The molecular weight excluding hydrogens is 407 g/mol. The quantitative estimate of drug-likeness (QED) is 0.575. The van der Waals surface area contributed by atoms with Crippen LogP contribution >= 0.6 is 0 Å². The molecule has 9 heteroatoms. The fraction of sp³-hybridized carbons (Fsp3) is 0.318. The van der Waals surface area contributed by atoms with Crippen LogP contribution in [-0.2, 0) is 12.7 Å². The first-order valence-corrected chi connectivity index (χ1v) is 10.1. The van der Waals surface area contributed by atoms with Gasteiger partial charge in [0.25, 0.3) is 0 Å². The molecule has 0 atom stereocenters. The smallest absolute Gasteiger partial charge is 0.416 e. The Bertz CT molecular complexity index is 1010. The zero-order valence-corrected chi connectivity index (χ0v) is 16.8. The molecule has 162 valence electrons. The van der Waals surface area contributed by atoms with Crippen molar-refractivity contribution < 1.29 is 17.9 Å². The molecule has 0 spiro atoms. The fourth-order valence-corrected chi connectivity index (χ4v) is 3.34.